The van der Waals surface area contributed by atoms with Gasteiger partial charge in [0.15, 0.2) is 0 Å². The van der Waals surface area contributed by atoms with Gasteiger partial charge in [0.25, 0.3) is 0 Å². The van der Waals surface area contributed by atoms with Crippen molar-refractivity contribution >= 4 is 0 Å². The molecule has 0 amide bonds. The first-order chi connectivity index (χ1) is 13.2. The van der Waals surface area contributed by atoms with E-state index in [4.69, 9.17) is 29.5 Å². The molecule has 0 rings (SSSR count). The highest BCUT2D eigenvalue weighted by Gasteiger charge is 1.94. The average molecular weight is 395 g/mol. The molecule has 6 heteroatoms. The minimum atomic E-state index is -0.954. The van der Waals surface area contributed by atoms with Crippen LogP contribution in [0.15, 0.2) is 0 Å². The van der Waals surface area contributed by atoms with Crippen molar-refractivity contribution in [2.75, 3.05) is 52.9 Å². The first-order valence-corrected chi connectivity index (χ1v) is 10.9. The fraction of sp³-hybridized carbons (Fsp3) is 1.00. The van der Waals surface area contributed by atoms with E-state index in [0.717, 1.165) is 13.2 Å². The molecule has 0 aromatic rings. The van der Waals surface area contributed by atoms with Crippen LogP contribution in [-0.2, 0) is 14.2 Å². The van der Waals surface area contributed by atoms with Crippen LogP contribution in [0.25, 0.3) is 0 Å². The zero-order valence-electron chi connectivity index (χ0n) is 17.9. The molecule has 0 atom stereocenters. The van der Waals surface area contributed by atoms with Crippen LogP contribution in [0.4, 0.5) is 0 Å². The van der Waals surface area contributed by atoms with Gasteiger partial charge in [-0.25, -0.2) is 0 Å². The third-order valence-electron chi connectivity index (χ3n) is 3.95. The standard InChI is InChI=1S/C18H38O3.C3H8O3/c1-3-5-7-9-11-13-19-15-17-21-18-16-20-14-12-10-8-6-4-2;4-1-3(6)2-5/h3-18H2,1-2H3;3-6H,1-2H2. The Labute approximate surface area is 167 Å². The molecule has 0 aromatic heterocycles. The Hall–Kier alpha value is -0.240. The summed E-state index contributed by atoms with van der Waals surface area (Å²) in [5, 5.41) is 24.0. The van der Waals surface area contributed by atoms with Crippen molar-refractivity contribution in [1.82, 2.24) is 0 Å². The molecule has 0 aliphatic rings. The van der Waals surface area contributed by atoms with Crippen LogP contribution >= 0.6 is 0 Å². The highest BCUT2D eigenvalue weighted by molar-refractivity contribution is 4.44. The molecule has 6 nitrogen and oxygen atoms in total. The summed E-state index contributed by atoms with van der Waals surface area (Å²) >= 11 is 0. The van der Waals surface area contributed by atoms with Crippen LogP contribution in [0.5, 0.6) is 0 Å². The molecule has 0 radical (unpaired) electrons. The number of hydrogen-bond acceptors (Lipinski definition) is 6. The van der Waals surface area contributed by atoms with Gasteiger partial charge in [-0.05, 0) is 12.8 Å². The molecule has 0 unspecified atom stereocenters. The Morgan fingerprint density at radius 3 is 1.15 bits per heavy atom. The molecule has 0 aromatic carbocycles. The van der Waals surface area contributed by atoms with Crippen LogP contribution in [0, 0.1) is 0 Å². The minimum absolute atomic E-state index is 0.365. The van der Waals surface area contributed by atoms with E-state index in [1.54, 1.807) is 0 Å². The third kappa shape index (κ3) is 30.7. The summed E-state index contributed by atoms with van der Waals surface area (Å²) in [4.78, 5) is 0. The summed E-state index contributed by atoms with van der Waals surface area (Å²) in [6.07, 6.45) is 12.0. The molecule has 0 aliphatic heterocycles. The monoisotopic (exact) mass is 394 g/mol. The van der Waals surface area contributed by atoms with Crippen LogP contribution < -0.4 is 0 Å². The maximum atomic E-state index is 8.17. The molecular formula is C21H46O6. The summed E-state index contributed by atoms with van der Waals surface area (Å²) in [5.74, 6) is 0. The fourth-order valence-electron chi connectivity index (χ4n) is 2.21. The van der Waals surface area contributed by atoms with Crippen LogP contribution in [0.2, 0.25) is 0 Å². The van der Waals surface area contributed by atoms with Crippen molar-refractivity contribution in [3.63, 3.8) is 0 Å². The topological polar surface area (TPSA) is 88.4 Å². The molecule has 0 saturated carbocycles. The SMILES string of the molecule is CCCCCCCOCCOCCOCCCCCCC.OCC(O)CO. The van der Waals surface area contributed by atoms with E-state index >= 15 is 0 Å². The normalized spacial score (nSPS) is 10.9. The summed E-state index contributed by atoms with van der Waals surface area (Å²) in [6.45, 7) is 8.31. The lowest BCUT2D eigenvalue weighted by Gasteiger charge is -2.07. The zero-order valence-corrected chi connectivity index (χ0v) is 17.9. The zero-order chi connectivity index (χ0) is 20.4. The molecule has 0 spiro atoms. The van der Waals surface area contributed by atoms with Gasteiger partial charge in [-0.3, -0.25) is 0 Å². The van der Waals surface area contributed by atoms with Crippen LogP contribution in [0.1, 0.15) is 78.1 Å². The lowest BCUT2D eigenvalue weighted by molar-refractivity contribution is 0.0132. The maximum absolute atomic E-state index is 8.17. The first kappa shape index (κ1) is 29.0. The van der Waals surface area contributed by atoms with E-state index < -0.39 is 6.10 Å². The summed E-state index contributed by atoms with van der Waals surface area (Å²) < 4.78 is 16.5. The summed E-state index contributed by atoms with van der Waals surface area (Å²) in [7, 11) is 0. The summed E-state index contributed by atoms with van der Waals surface area (Å²) in [5.41, 5.74) is 0. The van der Waals surface area contributed by atoms with Gasteiger partial charge >= 0.3 is 0 Å². The van der Waals surface area contributed by atoms with Gasteiger partial charge in [0, 0.05) is 13.2 Å². The van der Waals surface area contributed by atoms with Crippen LogP contribution in [-0.4, -0.2) is 74.3 Å². The number of ether oxygens (including phenoxy) is 3. The van der Waals surface area contributed by atoms with E-state index in [9.17, 15) is 0 Å². The smallest absolute Gasteiger partial charge is 0.100 e. The molecule has 166 valence electrons. The highest BCUT2D eigenvalue weighted by Crippen LogP contribution is 2.03. The number of unbranched alkanes of at least 4 members (excludes halogenated alkanes) is 8. The molecular weight excluding hydrogens is 348 g/mol. The molecule has 3 N–H and O–H groups in total. The van der Waals surface area contributed by atoms with E-state index in [1.165, 1.54) is 64.2 Å². The van der Waals surface area contributed by atoms with Gasteiger partial charge in [-0.1, -0.05) is 65.2 Å². The molecule has 0 heterocycles. The third-order valence-corrected chi connectivity index (χ3v) is 3.95. The van der Waals surface area contributed by atoms with Crippen molar-refractivity contribution in [2.24, 2.45) is 0 Å². The van der Waals surface area contributed by atoms with Crippen molar-refractivity contribution in [3.8, 4) is 0 Å². The van der Waals surface area contributed by atoms with Gasteiger partial charge in [-0.2, -0.15) is 0 Å². The van der Waals surface area contributed by atoms with Gasteiger partial charge in [0.2, 0.25) is 0 Å². The molecule has 0 bridgehead atoms. The number of aliphatic hydroxyl groups excluding tert-OH is 3. The van der Waals surface area contributed by atoms with Gasteiger partial charge < -0.3 is 29.5 Å². The number of hydrogen-bond donors (Lipinski definition) is 3. The van der Waals surface area contributed by atoms with Gasteiger partial charge in [-0.15, -0.1) is 0 Å². The first-order valence-electron chi connectivity index (χ1n) is 10.9. The quantitative estimate of drug-likeness (QED) is 0.275. The Kier molecular flexibility index (Phi) is 30.0. The lowest BCUT2D eigenvalue weighted by Crippen LogP contribution is -2.15. The lowest BCUT2D eigenvalue weighted by atomic mass is 10.2. The Balaban J connectivity index is 0. The van der Waals surface area contributed by atoms with Crippen molar-refractivity contribution in [3.05, 3.63) is 0 Å². The van der Waals surface area contributed by atoms with E-state index in [2.05, 4.69) is 13.8 Å². The van der Waals surface area contributed by atoms with E-state index in [1.807, 2.05) is 0 Å². The highest BCUT2D eigenvalue weighted by atomic mass is 16.5. The molecule has 27 heavy (non-hydrogen) atoms. The second-order valence-electron chi connectivity index (χ2n) is 6.68. The predicted octanol–water partition coefficient (Wildman–Crippen LogP) is 3.31. The predicted molar refractivity (Wildman–Crippen MR) is 110 cm³/mol. The summed E-state index contributed by atoms with van der Waals surface area (Å²) in [6, 6.07) is 0. The number of rotatable bonds is 20. The maximum Gasteiger partial charge on any atom is 0.100 e. The fourth-order valence-corrected chi connectivity index (χ4v) is 2.21. The van der Waals surface area contributed by atoms with Crippen LogP contribution in [0.3, 0.4) is 0 Å². The number of aliphatic hydroxyl groups is 3. The minimum Gasteiger partial charge on any atom is -0.394 e. The van der Waals surface area contributed by atoms with Gasteiger partial charge in [0.05, 0.1) is 39.6 Å². The Morgan fingerprint density at radius 1 is 0.519 bits per heavy atom. The van der Waals surface area contributed by atoms with Crippen molar-refractivity contribution < 1.29 is 29.5 Å². The van der Waals surface area contributed by atoms with Crippen molar-refractivity contribution in [1.29, 1.82) is 0 Å². The second kappa shape index (κ2) is 28.0. The van der Waals surface area contributed by atoms with Crippen molar-refractivity contribution in [2.45, 2.75) is 84.2 Å². The molecule has 0 aliphatic carbocycles. The second-order valence-corrected chi connectivity index (χ2v) is 6.68. The average Bonchev–Trinajstić information content (AvgIpc) is 2.70. The Morgan fingerprint density at radius 2 is 0.852 bits per heavy atom. The molecule has 0 fully saturated rings. The van der Waals surface area contributed by atoms with Gasteiger partial charge in [0.1, 0.15) is 6.10 Å². The largest absolute Gasteiger partial charge is 0.394 e. The Bertz CT molecular complexity index is 219. The molecule has 0 saturated heterocycles. The van der Waals surface area contributed by atoms with E-state index in [-0.39, 0.29) is 13.2 Å². The van der Waals surface area contributed by atoms with E-state index in [0.29, 0.717) is 26.4 Å².